The summed E-state index contributed by atoms with van der Waals surface area (Å²) < 4.78 is 28.6. The summed E-state index contributed by atoms with van der Waals surface area (Å²) in [6, 6.07) is 0. The molecule has 0 aromatic heterocycles. The molecule has 0 saturated carbocycles. The summed E-state index contributed by atoms with van der Waals surface area (Å²) in [5.74, 6) is -0.520. The average molecular weight is 623 g/mol. The van der Waals surface area contributed by atoms with Gasteiger partial charge < -0.3 is 23.9 Å². The van der Waals surface area contributed by atoms with Gasteiger partial charge >= 0.3 is 11.5 Å². The fourth-order valence-corrected chi connectivity index (χ4v) is 5.77. The molecule has 8 heteroatoms. The first-order valence-electron chi connectivity index (χ1n) is 16.9. The largest absolute Gasteiger partial charge is 0.461 e. The smallest absolute Gasteiger partial charge is 0.374 e. The van der Waals surface area contributed by atoms with E-state index in [1.54, 1.807) is 0 Å². The second kappa shape index (κ2) is 25.3. The molecule has 0 spiro atoms. The van der Waals surface area contributed by atoms with Crippen molar-refractivity contribution in [2.45, 2.75) is 187 Å². The minimum Gasteiger partial charge on any atom is -0.461 e. The third kappa shape index (κ3) is 23.0. The Hall–Kier alpha value is -0.0700. The molecule has 1 N–H and O–H groups in total. The molecule has 0 heterocycles. The number of ether oxygens (including phenoxy) is 3. The summed E-state index contributed by atoms with van der Waals surface area (Å²) in [5, 5.41) is 10.7. The Morgan fingerprint density at radius 2 is 1.22 bits per heavy atom. The lowest BCUT2D eigenvalue weighted by Crippen LogP contribution is -2.42. The number of aliphatic hydroxyl groups is 1. The molecular weight excluding hydrogens is 555 g/mol. The maximum Gasteiger partial charge on any atom is 0.374 e. The molecule has 41 heavy (non-hydrogen) atoms. The van der Waals surface area contributed by atoms with Crippen LogP contribution < -0.4 is 0 Å². The van der Waals surface area contributed by atoms with Gasteiger partial charge in [-0.25, -0.2) is 4.79 Å². The van der Waals surface area contributed by atoms with Crippen LogP contribution in [-0.4, -0.2) is 34.9 Å². The Labute approximate surface area is 260 Å². The van der Waals surface area contributed by atoms with Gasteiger partial charge in [-0.15, -0.1) is 12.6 Å². The van der Waals surface area contributed by atoms with E-state index < -0.39 is 31.7 Å². The molecule has 0 aliphatic rings. The van der Waals surface area contributed by atoms with Crippen LogP contribution in [0, 0.1) is 11.3 Å². The van der Waals surface area contributed by atoms with Crippen molar-refractivity contribution < 1.29 is 28.7 Å². The van der Waals surface area contributed by atoms with E-state index in [4.69, 9.17) is 26.8 Å². The van der Waals surface area contributed by atoms with Gasteiger partial charge in [0.2, 0.25) is 0 Å². The molecule has 0 saturated heterocycles. The van der Waals surface area contributed by atoms with Crippen molar-refractivity contribution in [2.75, 3.05) is 6.61 Å². The van der Waals surface area contributed by atoms with Gasteiger partial charge in [0.15, 0.2) is 6.29 Å². The molecule has 0 radical (unpaired) electrons. The van der Waals surface area contributed by atoms with Crippen molar-refractivity contribution >= 4 is 27.1 Å². The van der Waals surface area contributed by atoms with Crippen molar-refractivity contribution in [3.8, 4) is 0 Å². The van der Waals surface area contributed by atoms with Gasteiger partial charge in [0, 0.05) is 0 Å². The zero-order chi connectivity index (χ0) is 31.0. The van der Waals surface area contributed by atoms with Crippen LogP contribution in [0.4, 0.5) is 0 Å². The fraction of sp³-hybridized carbons (Fsp3) is 0.970. The molecule has 0 aliphatic carbocycles. The van der Waals surface area contributed by atoms with Crippen LogP contribution in [-0.2, 0) is 23.6 Å². The number of unbranched alkanes of at least 4 members (excludes halogenated alkanes) is 14. The third-order valence-corrected chi connectivity index (χ3v) is 8.53. The summed E-state index contributed by atoms with van der Waals surface area (Å²) in [5.41, 5.74) is -3.18. The number of thiol groups is 1. The first-order chi connectivity index (χ1) is 19.5. The van der Waals surface area contributed by atoms with Gasteiger partial charge in [0.05, 0.1) is 6.61 Å². The quantitative estimate of drug-likeness (QED) is 0.0297. The highest BCUT2D eigenvalue weighted by Gasteiger charge is 2.42. The van der Waals surface area contributed by atoms with Crippen LogP contribution in [0.1, 0.15) is 170 Å². The molecule has 5 atom stereocenters. The molecule has 0 bridgehead atoms. The summed E-state index contributed by atoms with van der Waals surface area (Å²) in [4.78, 5) is 12.5. The molecule has 5 unspecified atom stereocenters. The van der Waals surface area contributed by atoms with Crippen LogP contribution in [0.25, 0.3) is 0 Å². The predicted octanol–water partition coefficient (Wildman–Crippen LogP) is 10.1. The molecule has 0 aromatic carbocycles. The Kier molecular flexibility index (Phi) is 25.2. The van der Waals surface area contributed by atoms with Crippen molar-refractivity contribution in [3.05, 3.63) is 0 Å². The van der Waals surface area contributed by atoms with Gasteiger partial charge in [-0.05, 0) is 24.2 Å². The van der Waals surface area contributed by atoms with Crippen LogP contribution in [0.3, 0.4) is 0 Å². The minimum absolute atomic E-state index is 0.0862. The van der Waals surface area contributed by atoms with Gasteiger partial charge in [-0.3, -0.25) is 0 Å². The van der Waals surface area contributed by atoms with Gasteiger partial charge in [-0.1, -0.05) is 157 Å². The fourth-order valence-electron chi connectivity index (χ4n) is 4.95. The Morgan fingerprint density at radius 1 is 0.780 bits per heavy atom. The van der Waals surface area contributed by atoms with Crippen molar-refractivity contribution in [1.29, 1.82) is 0 Å². The zero-order valence-electron chi connectivity index (χ0n) is 27.6. The van der Waals surface area contributed by atoms with E-state index in [0.717, 1.165) is 19.3 Å². The van der Waals surface area contributed by atoms with Crippen LogP contribution >= 0.6 is 21.1 Å². The van der Waals surface area contributed by atoms with E-state index >= 15 is 0 Å². The number of carbonyl (C=O) groups excluding carboxylic acids is 1. The molecule has 246 valence electrons. The molecule has 0 aromatic rings. The summed E-state index contributed by atoms with van der Waals surface area (Å²) in [7, 11) is -1.98. The normalized spacial score (nSPS) is 16.1. The van der Waals surface area contributed by atoms with E-state index in [-0.39, 0.29) is 12.0 Å². The molecule has 0 amide bonds. The van der Waals surface area contributed by atoms with E-state index in [9.17, 15) is 14.5 Å². The second-order valence-corrected chi connectivity index (χ2v) is 14.7. The lowest BCUT2D eigenvalue weighted by atomic mass is 9.91. The lowest BCUT2D eigenvalue weighted by molar-refractivity contribution is -0.259. The number of rotatable bonds is 28. The summed E-state index contributed by atoms with van der Waals surface area (Å²) in [6.45, 7) is 12.2. The van der Waals surface area contributed by atoms with E-state index in [2.05, 4.69) is 13.8 Å². The zero-order valence-corrected chi connectivity index (χ0v) is 29.6. The Balaban J connectivity index is 4.80. The highest BCUT2D eigenvalue weighted by molar-refractivity contribution is 7.80. The monoisotopic (exact) mass is 622 g/mol. The SMILES string of the molecule is CCCCCCCCCCCCC(CCCCCCCC)CC(S)OC(CC)OC(O)([PH2]=O)C(=O)OCC(C)(C)C. The molecule has 0 rings (SSSR count). The number of hydrogen-bond donors (Lipinski definition) is 2. The van der Waals surface area contributed by atoms with Gasteiger partial charge in [0.1, 0.15) is 13.9 Å². The first-order valence-corrected chi connectivity index (χ1v) is 18.4. The molecule has 0 fully saturated rings. The third-order valence-electron chi connectivity index (χ3n) is 7.51. The van der Waals surface area contributed by atoms with E-state index in [0.29, 0.717) is 12.3 Å². The Morgan fingerprint density at radius 3 is 1.61 bits per heavy atom. The van der Waals surface area contributed by atoms with E-state index in [1.165, 1.54) is 103 Å². The topological polar surface area (TPSA) is 82.1 Å². The minimum atomic E-state index is -2.49. The molecule has 0 aliphatic heterocycles. The van der Waals surface area contributed by atoms with Crippen LogP contribution in [0.2, 0.25) is 0 Å². The second-order valence-electron chi connectivity index (χ2n) is 13.1. The maximum atomic E-state index is 12.5. The van der Waals surface area contributed by atoms with Crippen molar-refractivity contribution in [1.82, 2.24) is 0 Å². The predicted molar refractivity (Wildman–Crippen MR) is 177 cm³/mol. The number of hydrogen-bond acceptors (Lipinski definition) is 7. The maximum absolute atomic E-state index is 12.5. The van der Waals surface area contributed by atoms with Gasteiger partial charge in [-0.2, -0.15) is 0 Å². The highest BCUT2D eigenvalue weighted by Crippen LogP contribution is 2.30. The number of esters is 1. The summed E-state index contributed by atoms with van der Waals surface area (Å²) >= 11 is 4.72. The first kappa shape index (κ1) is 40.9. The average Bonchev–Trinajstić information content (AvgIpc) is 2.93. The summed E-state index contributed by atoms with van der Waals surface area (Å²) in [6.07, 6.45) is 23.6. The molecule has 6 nitrogen and oxygen atoms in total. The van der Waals surface area contributed by atoms with Crippen LogP contribution in [0.15, 0.2) is 0 Å². The lowest BCUT2D eigenvalue weighted by Gasteiger charge is -2.30. The van der Waals surface area contributed by atoms with Crippen molar-refractivity contribution in [2.24, 2.45) is 11.3 Å². The highest BCUT2D eigenvalue weighted by atomic mass is 32.1. The van der Waals surface area contributed by atoms with Crippen molar-refractivity contribution in [3.63, 3.8) is 0 Å². The molecular formula is C33H67O6PS. The number of carbonyl (C=O) groups is 1. The van der Waals surface area contributed by atoms with E-state index in [1.807, 2.05) is 27.7 Å². The standard InChI is InChI=1S/C33H67O6PS/c1-7-10-12-14-16-17-18-19-21-23-25-28(24-22-20-15-13-11-8-2)26-30(41)38-29(9-3)39-33(35,40-36)31(34)37-27-32(4,5)6/h28-30,35,41H,7-27,40H2,1-6H3. The van der Waals surface area contributed by atoms with Gasteiger partial charge in [0.25, 0.3) is 0 Å². The van der Waals surface area contributed by atoms with Crippen LogP contribution in [0.5, 0.6) is 0 Å². The Bertz CT molecular complexity index is 644.